The number of benzene rings is 1. The van der Waals surface area contributed by atoms with Gasteiger partial charge in [-0.2, -0.15) is 13.2 Å². The summed E-state index contributed by atoms with van der Waals surface area (Å²) in [6.45, 7) is 1.32. The predicted molar refractivity (Wildman–Crippen MR) is 97.8 cm³/mol. The molecule has 2 heterocycles. The van der Waals surface area contributed by atoms with E-state index in [0.717, 1.165) is 6.07 Å². The van der Waals surface area contributed by atoms with Crippen molar-refractivity contribution in [3.63, 3.8) is 0 Å². The normalized spacial score (nSPS) is 14.4. The zero-order chi connectivity index (χ0) is 20.1. The van der Waals surface area contributed by atoms with E-state index in [1.54, 1.807) is 18.3 Å². The molecule has 1 amide bonds. The van der Waals surface area contributed by atoms with Gasteiger partial charge in [0.25, 0.3) is 5.91 Å². The summed E-state index contributed by atoms with van der Waals surface area (Å²) in [4.78, 5) is 20.3. The molecular formula is C20H18F3N3O2. The van der Waals surface area contributed by atoms with Crippen LogP contribution < -0.4 is 4.90 Å². The Morgan fingerprint density at radius 1 is 1.11 bits per heavy atom. The van der Waals surface area contributed by atoms with E-state index in [9.17, 15) is 18.0 Å². The Labute approximate surface area is 160 Å². The van der Waals surface area contributed by atoms with Crippen LogP contribution in [0.15, 0.2) is 42.6 Å². The molecule has 0 unspecified atom stereocenters. The van der Waals surface area contributed by atoms with Gasteiger partial charge in [-0.3, -0.25) is 4.79 Å². The van der Waals surface area contributed by atoms with E-state index < -0.39 is 17.6 Å². The fraction of sp³-hybridized carbons (Fsp3) is 0.300. The zero-order valence-electron chi connectivity index (χ0n) is 14.9. The van der Waals surface area contributed by atoms with Crippen molar-refractivity contribution >= 4 is 11.7 Å². The number of pyridine rings is 1. The first kappa shape index (κ1) is 19.7. The molecule has 8 heteroatoms. The van der Waals surface area contributed by atoms with Crippen LogP contribution in [0.5, 0.6) is 0 Å². The molecule has 1 fully saturated rings. The molecule has 0 saturated carbocycles. The number of aromatic nitrogens is 1. The first-order valence-corrected chi connectivity index (χ1v) is 8.66. The second-order valence-corrected chi connectivity index (χ2v) is 6.19. The van der Waals surface area contributed by atoms with E-state index >= 15 is 0 Å². The lowest BCUT2D eigenvalue weighted by molar-refractivity contribution is -0.138. The highest BCUT2D eigenvalue weighted by atomic mass is 19.4. The molecule has 0 bridgehead atoms. The third-order valence-electron chi connectivity index (χ3n) is 4.41. The van der Waals surface area contributed by atoms with Gasteiger partial charge < -0.3 is 14.9 Å². The number of hydrogen-bond donors (Lipinski definition) is 1. The third kappa shape index (κ3) is 4.43. The number of amides is 1. The molecule has 1 N–H and O–H groups in total. The Balaban J connectivity index is 1.67. The fourth-order valence-electron chi connectivity index (χ4n) is 3.01. The van der Waals surface area contributed by atoms with Crippen LogP contribution in [0.4, 0.5) is 19.0 Å². The summed E-state index contributed by atoms with van der Waals surface area (Å²) < 4.78 is 39.5. The molecule has 0 spiro atoms. The molecular weight excluding hydrogens is 371 g/mol. The maximum atomic E-state index is 13.2. The van der Waals surface area contributed by atoms with Crippen LogP contribution >= 0.6 is 0 Å². The minimum absolute atomic E-state index is 0.227. The number of aliphatic hydroxyl groups is 1. The van der Waals surface area contributed by atoms with Gasteiger partial charge in [0.1, 0.15) is 12.4 Å². The summed E-state index contributed by atoms with van der Waals surface area (Å²) in [5.41, 5.74) is -0.563. The maximum Gasteiger partial charge on any atom is 0.417 e. The number of nitrogens with zero attached hydrogens (tertiary/aromatic N) is 3. The summed E-state index contributed by atoms with van der Waals surface area (Å²) in [7, 11) is 0. The molecule has 1 saturated heterocycles. The number of aliphatic hydroxyl groups excluding tert-OH is 1. The van der Waals surface area contributed by atoms with Crippen molar-refractivity contribution in [2.75, 3.05) is 37.7 Å². The van der Waals surface area contributed by atoms with Crippen LogP contribution in [0.2, 0.25) is 0 Å². The van der Waals surface area contributed by atoms with Gasteiger partial charge in [0.15, 0.2) is 0 Å². The molecule has 1 aliphatic rings. The van der Waals surface area contributed by atoms with Crippen molar-refractivity contribution in [3.8, 4) is 11.8 Å². The van der Waals surface area contributed by atoms with Crippen LogP contribution in [0.3, 0.4) is 0 Å². The molecule has 1 aliphatic heterocycles. The van der Waals surface area contributed by atoms with E-state index in [4.69, 9.17) is 5.11 Å². The summed E-state index contributed by atoms with van der Waals surface area (Å²) in [5, 5.41) is 8.70. The molecule has 1 aromatic heterocycles. The monoisotopic (exact) mass is 389 g/mol. The van der Waals surface area contributed by atoms with Crippen molar-refractivity contribution in [1.82, 2.24) is 9.88 Å². The van der Waals surface area contributed by atoms with E-state index in [-0.39, 0.29) is 12.2 Å². The molecule has 0 aliphatic carbocycles. The number of piperazine rings is 1. The minimum atomic E-state index is -4.57. The first-order valence-electron chi connectivity index (χ1n) is 8.66. The Hall–Kier alpha value is -3.05. The van der Waals surface area contributed by atoms with E-state index in [0.29, 0.717) is 37.6 Å². The largest absolute Gasteiger partial charge is 0.417 e. The fourth-order valence-corrected chi connectivity index (χ4v) is 3.01. The van der Waals surface area contributed by atoms with Crippen LogP contribution in [0, 0.1) is 11.8 Å². The number of alkyl halides is 3. The van der Waals surface area contributed by atoms with Gasteiger partial charge in [0, 0.05) is 37.9 Å². The molecule has 5 nitrogen and oxygen atoms in total. The van der Waals surface area contributed by atoms with Gasteiger partial charge in [0.05, 0.1) is 11.1 Å². The highest BCUT2D eigenvalue weighted by Gasteiger charge is 2.36. The van der Waals surface area contributed by atoms with Crippen molar-refractivity contribution in [2.45, 2.75) is 6.18 Å². The number of hydrogen-bond acceptors (Lipinski definition) is 4. The lowest BCUT2D eigenvalue weighted by atomic mass is 10.1. The average molecular weight is 389 g/mol. The average Bonchev–Trinajstić information content (AvgIpc) is 2.71. The summed E-state index contributed by atoms with van der Waals surface area (Å²) >= 11 is 0. The number of halogens is 3. The molecule has 146 valence electrons. The Morgan fingerprint density at radius 2 is 1.82 bits per heavy atom. The molecule has 1 aromatic carbocycles. The van der Waals surface area contributed by atoms with Gasteiger partial charge in [-0.25, -0.2) is 4.98 Å². The topological polar surface area (TPSA) is 56.7 Å². The van der Waals surface area contributed by atoms with Gasteiger partial charge >= 0.3 is 6.18 Å². The lowest BCUT2D eigenvalue weighted by Crippen LogP contribution is -2.49. The summed E-state index contributed by atoms with van der Waals surface area (Å²) in [5.74, 6) is 5.39. The van der Waals surface area contributed by atoms with Crippen molar-refractivity contribution in [3.05, 3.63) is 59.3 Å². The Kier molecular flexibility index (Phi) is 5.85. The maximum absolute atomic E-state index is 13.2. The van der Waals surface area contributed by atoms with Crippen molar-refractivity contribution < 1.29 is 23.1 Å². The van der Waals surface area contributed by atoms with Crippen molar-refractivity contribution in [1.29, 1.82) is 0 Å². The van der Waals surface area contributed by atoms with Gasteiger partial charge in [-0.1, -0.05) is 24.0 Å². The third-order valence-corrected chi connectivity index (χ3v) is 4.41. The molecule has 28 heavy (non-hydrogen) atoms. The van der Waals surface area contributed by atoms with Crippen LogP contribution in [-0.2, 0) is 6.18 Å². The SMILES string of the molecule is O=C(c1ccccc1C(F)(F)F)N1CCN(c2ccc(C#CCO)cn2)CC1. The Morgan fingerprint density at radius 3 is 2.43 bits per heavy atom. The van der Waals surface area contributed by atoms with Crippen molar-refractivity contribution in [2.24, 2.45) is 0 Å². The van der Waals surface area contributed by atoms with Crippen LogP contribution in [0.1, 0.15) is 21.5 Å². The molecule has 2 aromatic rings. The van der Waals surface area contributed by atoms with Gasteiger partial charge in [-0.05, 0) is 24.3 Å². The zero-order valence-corrected chi connectivity index (χ0v) is 14.9. The number of carbonyl (C=O) groups is 1. The lowest BCUT2D eigenvalue weighted by Gasteiger charge is -2.35. The van der Waals surface area contributed by atoms with E-state index in [1.807, 2.05) is 4.90 Å². The number of rotatable bonds is 2. The highest BCUT2D eigenvalue weighted by molar-refractivity contribution is 5.96. The summed E-state index contributed by atoms with van der Waals surface area (Å²) in [6.07, 6.45) is -2.98. The first-order chi connectivity index (χ1) is 13.4. The number of anilines is 1. The molecule has 0 radical (unpaired) electrons. The highest BCUT2D eigenvalue weighted by Crippen LogP contribution is 2.32. The number of carbonyl (C=O) groups excluding carboxylic acids is 1. The molecule has 0 atom stereocenters. The van der Waals surface area contributed by atoms with Gasteiger partial charge in [-0.15, -0.1) is 0 Å². The second kappa shape index (κ2) is 8.31. The standard InChI is InChI=1S/C20H18F3N3O2/c21-20(22,23)17-6-2-1-5-16(17)19(28)26-11-9-25(10-12-26)18-8-7-15(14-24-18)4-3-13-27/h1-2,5-8,14,27H,9-13H2. The van der Waals surface area contributed by atoms with Crippen LogP contribution in [0.25, 0.3) is 0 Å². The Bertz CT molecular complexity index is 893. The summed E-state index contributed by atoms with van der Waals surface area (Å²) in [6, 6.07) is 8.42. The van der Waals surface area contributed by atoms with E-state index in [2.05, 4.69) is 16.8 Å². The quantitative estimate of drug-likeness (QED) is 0.802. The van der Waals surface area contributed by atoms with Gasteiger partial charge in [0.2, 0.25) is 0 Å². The predicted octanol–water partition coefficient (Wildman–Crippen LogP) is 2.41. The van der Waals surface area contributed by atoms with E-state index in [1.165, 1.54) is 23.1 Å². The molecule has 3 rings (SSSR count). The minimum Gasteiger partial charge on any atom is -0.384 e. The second-order valence-electron chi connectivity index (χ2n) is 6.19. The van der Waals surface area contributed by atoms with Crippen LogP contribution in [-0.4, -0.2) is 53.7 Å². The smallest absolute Gasteiger partial charge is 0.384 e.